The second-order valence-electron chi connectivity index (χ2n) is 4.39. The molecule has 0 aliphatic heterocycles. The molecule has 0 aliphatic carbocycles. The standard InChI is InChI=1S/C13H30N2/c1-14-12-10-8-6-4-3-5-7-9-11-13-15-2/h14-15H,3-13H2,1-2H3. The summed E-state index contributed by atoms with van der Waals surface area (Å²) < 4.78 is 0. The molecule has 0 radical (unpaired) electrons. The summed E-state index contributed by atoms with van der Waals surface area (Å²) in [6.07, 6.45) is 12.7. The molecule has 2 N–H and O–H groups in total. The average molecular weight is 214 g/mol. The van der Waals surface area contributed by atoms with E-state index >= 15 is 0 Å². The molecule has 15 heavy (non-hydrogen) atoms. The van der Waals surface area contributed by atoms with E-state index in [9.17, 15) is 0 Å². The number of nitrogens with one attached hydrogen (secondary N) is 2. The van der Waals surface area contributed by atoms with Crippen LogP contribution in [0.1, 0.15) is 57.8 Å². The lowest BCUT2D eigenvalue weighted by atomic mass is 10.1. The molecule has 0 aliphatic rings. The van der Waals surface area contributed by atoms with Crippen molar-refractivity contribution in [1.29, 1.82) is 0 Å². The number of hydrogen-bond donors (Lipinski definition) is 2. The molecule has 0 amide bonds. The van der Waals surface area contributed by atoms with Crippen LogP contribution in [0.5, 0.6) is 0 Å². The highest BCUT2D eigenvalue weighted by Gasteiger charge is 1.92. The number of rotatable bonds is 12. The largest absolute Gasteiger partial charge is 0.320 e. The molecule has 0 fully saturated rings. The Kier molecular flexibility index (Phi) is 13.8. The molecule has 0 unspecified atom stereocenters. The Morgan fingerprint density at radius 3 is 1.00 bits per heavy atom. The number of hydrogen-bond acceptors (Lipinski definition) is 2. The molecule has 0 heterocycles. The predicted octanol–water partition coefficient (Wildman–Crippen LogP) is 2.94. The molecule has 0 aromatic rings. The van der Waals surface area contributed by atoms with Crippen molar-refractivity contribution in [1.82, 2.24) is 10.6 Å². The van der Waals surface area contributed by atoms with Crippen molar-refractivity contribution >= 4 is 0 Å². The summed E-state index contributed by atoms with van der Waals surface area (Å²) in [7, 11) is 4.07. The summed E-state index contributed by atoms with van der Waals surface area (Å²) >= 11 is 0. The van der Waals surface area contributed by atoms with Gasteiger partial charge in [0.25, 0.3) is 0 Å². The smallest absolute Gasteiger partial charge is 0.00519 e. The molecule has 0 bridgehead atoms. The third-order valence-corrected chi connectivity index (χ3v) is 2.85. The van der Waals surface area contributed by atoms with Gasteiger partial charge in [-0.05, 0) is 40.0 Å². The predicted molar refractivity (Wildman–Crippen MR) is 69.4 cm³/mol. The zero-order valence-electron chi connectivity index (χ0n) is 10.8. The molecule has 0 rings (SSSR count). The van der Waals surface area contributed by atoms with E-state index in [1.54, 1.807) is 0 Å². The van der Waals surface area contributed by atoms with Crippen LogP contribution in [-0.4, -0.2) is 27.2 Å². The van der Waals surface area contributed by atoms with Crippen LogP contribution in [0.25, 0.3) is 0 Å². The van der Waals surface area contributed by atoms with Crippen LogP contribution in [0.2, 0.25) is 0 Å². The van der Waals surface area contributed by atoms with Crippen LogP contribution in [0.3, 0.4) is 0 Å². The van der Waals surface area contributed by atoms with Crippen molar-refractivity contribution in [3.8, 4) is 0 Å². The van der Waals surface area contributed by atoms with E-state index in [-0.39, 0.29) is 0 Å². The van der Waals surface area contributed by atoms with Gasteiger partial charge in [-0.25, -0.2) is 0 Å². The molecule has 2 heteroatoms. The molecule has 0 atom stereocenters. The Bertz CT molecular complexity index is 92.7. The van der Waals surface area contributed by atoms with Crippen LogP contribution in [0.4, 0.5) is 0 Å². The minimum atomic E-state index is 1.18. The Hall–Kier alpha value is -0.0800. The molecule has 0 aromatic heterocycles. The van der Waals surface area contributed by atoms with Crippen LogP contribution < -0.4 is 10.6 Å². The monoisotopic (exact) mass is 214 g/mol. The Labute approximate surface area is 96.2 Å². The van der Waals surface area contributed by atoms with Crippen LogP contribution in [-0.2, 0) is 0 Å². The molecule has 2 nitrogen and oxygen atoms in total. The highest BCUT2D eigenvalue weighted by atomic mass is 14.8. The molecule has 0 saturated heterocycles. The van der Waals surface area contributed by atoms with Crippen molar-refractivity contribution in [3.63, 3.8) is 0 Å². The molecule has 0 saturated carbocycles. The summed E-state index contributed by atoms with van der Waals surface area (Å²) in [5.74, 6) is 0. The normalized spacial score (nSPS) is 10.8. The van der Waals surface area contributed by atoms with E-state index in [0.29, 0.717) is 0 Å². The fourth-order valence-electron chi connectivity index (χ4n) is 1.84. The van der Waals surface area contributed by atoms with Gasteiger partial charge < -0.3 is 10.6 Å². The van der Waals surface area contributed by atoms with Gasteiger partial charge in [0.1, 0.15) is 0 Å². The fraction of sp³-hybridized carbons (Fsp3) is 1.00. The van der Waals surface area contributed by atoms with Gasteiger partial charge >= 0.3 is 0 Å². The summed E-state index contributed by atoms with van der Waals surface area (Å²) in [4.78, 5) is 0. The fourth-order valence-corrected chi connectivity index (χ4v) is 1.84. The molecule has 0 aromatic carbocycles. The van der Waals surface area contributed by atoms with Crippen LogP contribution in [0.15, 0.2) is 0 Å². The van der Waals surface area contributed by atoms with E-state index in [4.69, 9.17) is 0 Å². The van der Waals surface area contributed by atoms with Crippen molar-refractivity contribution in [2.24, 2.45) is 0 Å². The summed E-state index contributed by atoms with van der Waals surface area (Å²) in [6.45, 7) is 2.37. The molecular weight excluding hydrogens is 184 g/mol. The Balaban J connectivity index is 2.81. The lowest BCUT2D eigenvalue weighted by Crippen LogP contribution is -2.07. The first-order valence-electron chi connectivity index (χ1n) is 6.71. The first-order chi connectivity index (χ1) is 7.41. The second kappa shape index (κ2) is 13.9. The molecular formula is C13H30N2. The third kappa shape index (κ3) is 13.9. The average Bonchev–Trinajstić information content (AvgIpc) is 2.26. The van der Waals surface area contributed by atoms with Gasteiger partial charge in [0.15, 0.2) is 0 Å². The van der Waals surface area contributed by atoms with Gasteiger partial charge in [-0.3, -0.25) is 0 Å². The quantitative estimate of drug-likeness (QED) is 0.488. The zero-order valence-corrected chi connectivity index (χ0v) is 10.8. The minimum absolute atomic E-state index is 1.18. The number of unbranched alkanes of at least 4 members (excludes halogenated alkanes) is 8. The van der Waals surface area contributed by atoms with Crippen molar-refractivity contribution < 1.29 is 0 Å². The van der Waals surface area contributed by atoms with E-state index in [2.05, 4.69) is 10.6 Å². The van der Waals surface area contributed by atoms with Crippen molar-refractivity contribution in [2.75, 3.05) is 27.2 Å². The van der Waals surface area contributed by atoms with Crippen LogP contribution >= 0.6 is 0 Å². The SMILES string of the molecule is CNCCCCCCCCCCCNC. The summed E-state index contributed by atoms with van der Waals surface area (Å²) in [5, 5.41) is 6.39. The van der Waals surface area contributed by atoms with E-state index < -0.39 is 0 Å². The van der Waals surface area contributed by atoms with Crippen LogP contribution in [0, 0.1) is 0 Å². The highest BCUT2D eigenvalue weighted by molar-refractivity contribution is 4.49. The maximum absolute atomic E-state index is 3.19. The summed E-state index contributed by atoms with van der Waals surface area (Å²) in [6, 6.07) is 0. The van der Waals surface area contributed by atoms with E-state index in [1.165, 1.54) is 70.9 Å². The molecule has 92 valence electrons. The summed E-state index contributed by atoms with van der Waals surface area (Å²) in [5.41, 5.74) is 0. The van der Waals surface area contributed by atoms with Gasteiger partial charge in [-0.15, -0.1) is 0 Å². The maximum Gasteiger partial charge on any atom is -0.00519 e. The van der Waals surface area contributed by atoms with Crippen molar-refractivity contribution in [2.45, 2.75) is 57.8 Å². The van der Waals surface area contributed by atoms with Gasteiger partial charge in [0, 0.05) is 0 Å². The Morgan fingerprint density at radius 2 is 0.733 bits per heavy atom. The van der Waals surface area contributed by atoms with Gasteiger partial charge in [-0.1, -0.05) is 44.9 Å². The highest BCUT2D eigenvalue weighted by Crippen LogP contribution is 2.09. The Morgan fingerprint density at radius 1 is 0.467 bits per heavy atom. The zero-order chi connectivity index (χ0) is 11.2. The molecule has 0 spiro atoms. The minimum Gasteiger partial charge on any atom is -0.320 e. The first kappa shape index (κ1) is 14.9. The first-order valence-corrected chi connectivity index (χ1v) is 6.71. The van der Waals surface area contributed by atoms with Crippen molar-refractivity contribution in [3.05, 3.63) is 0 Å². The topological polar surface area (TPSA) is 24.1 Å². The van der Waals surface area contributed by atoms with Gasteiger partial charge in [0.05, 0.1) is 0 Å². The second-order valence-corrected chi connectivity index (χ2v) is 4.39. The van der Waals surface area contributed by atoms with Gasteiger partial charge in [0.2, 0.25) is 0 Å². The van der Waals surface area contributed by atoms with E-state index in [0.717, 1.165) is 0 Å². The van der Waals surface area contributed by atoms with Gasteiger partial charge in [-0.2, -0.15) is 0 Å². The maximum atomic E-state index is 3.19. The van der Waals surface area contributed by atoms with E-state index in [1.807, 2.05) is 14.1 Å². The third-order valence-electron chi connectivity index (χ3n) is 2.85. The lowest BCUT2D eigenvalue weighted by Gasteiger charge is -2.02. The lowest BCUT2D eigenvalue weighted by molar-refractivity contribution is 0.549.